The summed E-state index contributed by atoms with van der Waals surface area (Å²) in [6, 6.07) is 8.84. The van der Waals surface area contributed by atoms with Crippen molar-refractivity contribution in [1.29, 1.82) is 0 Å². The predicted molar refractivity (Wildman–Crippen MR) is 80.1 cm³/mol. The van der Waals surface area contributed by atoms with E-state index < -0.39 is 0 Å². The predicted octanol–water partition coefficient (Wildman–Crippen LogP) is 3.59. The Bertz CT molecular complexity index is 549. The summed E-state index contributed by atoms with van der Waals surface area (Å²) in [5.74, 6) is 0. The number of benzene rings is 1. The smallest absolute Gasteiger partial charge is 0.0955 e. The highest BCUT2D eigenvalue weighted by Crippen LogP contribution is 2.30. The second kappa shape index (κ2) is 5.17. The van der Waals surface area contributed by atoms with E-state index in [-0.39, 0.29) is 5.54 Å². The molecule has 2 rings (SSSR count). The van der Waals surface area contributed by atoms with E-state index >= 15 is 0 Å². The van der Waals surface area contributed by atoms with Crippen LogP contribution in [0.5, 0.6) is 0 Å². The van der Waals surface area contributed by atoms with E-state index in [2.05, 4.69) is 66.8 Å². The van der Waals surface area contributed by atoms with Gasteiger partial charge >= 0.3 is 0 Å². The molecule has 0 fully saturated rings. The van der Waals surface area contributed by atoms with Gasteiger partial charge in [0.05, 0.1) is 18.2 Å². The molecule has 0 spiro atoms. The van der Waals surface area contributed by atoms with Gasteiger partial charge < -0.3 is 9.88 Å². The highest BCUT2D eigenvalue weighted by atomic mass is 15.1. The van der Waals surface area contributed by atoms with Crippen LogP contribution in [0.3, 0.4) is 0 Å². The topological polar surface area (TPSA) is 29.9 Å². The highest BCUT2D eigenvalue weighted by Gasteiger charge is 2.19. The maximum atomic E-state index is 4.33. The van der Waals surface area contributed by atoms with Gasteiger partial charge in [0.25, 0.3) is 0 Å². The number of imidazole rings is 1. The molecule has 1 N–H and O–H groups in total. The van der Waals surface area contributed by atoms with Crippen molar-refractivity contribution in [3.63, 3.8) is 0 Å². The normalized spacial score (nSPS) is 13.5. The third-order valence-corrected chi connectivity index (χ3v) is 3.50. The second-order valence-corrected chi connectivity index (χ2v) is 5.92. The maximum Gasteiger partial charge on any atom is 0.0955 e. The fraction of sp³-hybridized carbons (Fsp3) is 0.438. The molecule has 1 heterocycles. The van der Waals surface area contributed by atoms with E-state index in [0.717, 1.165) is 0 Å². The lowest BCUT2D eigenvalue weighted by Gasteiger charge is -2.25. The lowest BCUT2D eigenvalue weighted by atomic mass is 9.98. The third kappa shape index (κ3) is 2.71. The first kappa shape index (κ1) is 13.8. The van der Waals surface area contributed by atoms with Crippen molar-refractivity contribution in [2.75, 3.05) is 7.05 Å². The van der Waals surface area contributed by atoms with Gasteiger partial charge in [-0.3, -0.25) is 0 Å². The Morgan fingerprint density at radius 2 is 1.89 bits per heavy atom. The van der Waals surface area contributed by atoms with Crippen LogP contribution in [0.15, 0.2) is 36.8 Å². The minimum absolute atomic E-state index is 0.0296. The first-order chi connectivity index (χ1) is 8.95. The lowest BCUT2D eigenvalue weighted by molar-refractivity contribution is 0.400. The van der Waals surface area contributed by atoms with Crippen molar-refractivity contribution in [3.05, 3.63) is 42.4 Å². The van der Waals surface area contributed by atoms with E-state index in [4.69, 9.17) is 0 Å². The van der Waals surface area contributed by atoms with E-state index in [0.29, 0.717) is 6.04 Å². The highest BCUT2D eigenvalue weighted by molar-refractivity contribution is 5.64. The Morgan fingerprint density at radius 3 is 2.53 bits per heavy atom. The minimum Gasteiger partial charge on any atom is -0.325 e. The first-order valence-corrected chi connectivity index (χ1v) is 6.74. The molecule has 2 aromatic rings. The Balaban J connectivity index is 2.57. The Kier molecular flexibility index (Phi) is 3.76. The van der Waals surface area contributed by atoms with Gasteiger partial charge in [0, 0.05) is 17.1 Å². The molecule has 1 unspecified atom stereocenters. The van der Waals surface area contributed by atoms with Gasteiger partial charge in [-0.2, -0.15) is 0 Å². The van der Waals surface area contributed by atoms with Crippen molar-refractivity contribution < 1.29 is 0 Å². The van der Waals surface area contributed by atoms with E-state index in [1.807, 2.05) is 19.6 Å². The zero-order valence-corrected chi connectivity index (χ0v) is 12.4. The third-order valence-electron chi connectivity index (χ3n) is 3.50. The number of nitrogens with one attached hydrogen (secondary N) is 1. The van der Waals surface area contributed by atoms with Gasteiger partial charge in [-0.25, -0.2) is 4.98 Å². The summed E-state index contributed by atoms with van der Waals surface area (Å²) in [5.41, 5.74) is 3.75. The maximum absolute atomic E-state index is 4.33. The van der Waals surface area contributed by atoms with Crippen molar-refractivity contribution >= 4 is 0 Å². The summed E-state index contributed by atoms with van der Waals surface area (Å²) < 4.78 is 2.23. The molecule has 1 aromatic carbocycles. The van der Waals surface area contributed by atoms with Crippen molar-refractivity contribution in [1.82, 2.24) is 14.9 Å². The van der Waals surface area contributed by atoms with Gasteiger partial charge in [0.1, 0.15) is 0 Å². The molecule has 0 aliphatic carbocycles. The van der Waals surface area contributed by atoms with Crippen LogP contribution >= 0.6 is 0 Å². The lowest BCUT2D eigenvalue weighted by Crippen LogP contribution is -2.22. The SMILES string of the molecule is CNC(C)c1ccccc1-c1cncn1C(C)(C)C. The van der Waals surface area contributed by atoms with Crippen molar-refractivity contribution in [2.24, 2.45) is 0 Å². The van der Waals surface area contributed by atoms with Gasteiger partial charge in [-0.15, -0.1) is 0 Å². The molecule has 0 amide bonds. The molecule has 0 saturated heterocycles. The summed E-state index contributed by atoms with van der Waals surface area (Å²) in [5, 5.41) is 3.31. The van der Waals surface area contributed by atoms with Crippen LogP contribution < -0.4 is 5.32 Å². The van der Waals surface area contributed by atoms with Crippen LogP contribution in [0.4, 0.5) is 0 Å². The number of hydrogen-bond donors (Lipinski definition) is 1. The summed E-state index contributed by atoms with van der Waals surface area (Å²) >= 11 is 0. The van der Waals surface area contributed by atoms with Crippen LogP contribution in [-0.2, 0) is 5.54 Å². The Hall–Kier alpha value is -1.61. The molecular weight excluding hydrogens is 234 g/mol. The number of nitrogens with zero attached hydrogens (tertiary/aromatic N) is 2. The van der Waals surface area contributed by atoms with Crippen molar-refractivity contribution in [2.45, 2.75) is 39.3 Å². The van der Waals surface area contributed by atoms with Gasteiger partial charge in [-0.05, 0) is 40.3 Å². The zero-order valence-electron chi connectivity index (χ0n) is 12.4. The van der Waals surface area contributed by atoms with Crippen LogP contribution in [-0.4, -0.2) is 16.6 Å². The van der Waals surface area contributed by atoms with Crippen LogP contribution in [0.1, 0.15) is 39.3 Å². The second-order valence-electron chi connectivity index (χ2n) is 5.92. The van der Waals surface area contributed by atoms with E-state index in [1.54, 1.807) is 0 Å². The average molecular weight is 257 g/mol. The molecule has 3 heteroatoms. The monoisotopic (exact) mass is 257 g/mol. The molecular formula is C16H23N3. The van der Waals surface area contributed by atoms with Gasteiger partial charge in [0.15, 0.2) is 0 Å². The molecule has 0 bridgehead atoms. The van der Waals surface area contributed by atoms with Crippen molar-refractivity contribution in [3.8, 4) is 11.3 Å². The summed E-state index contributed by atoms with van der Waals surface area (Å²) in [4.78, 5) is 4.33. The quantitative estimate of drug-likeness (QED) is 0.910. The van der Waals surface area contributed by atoms with E-state index in [9.17, 15) is 0 Å². The fourth-order valence-corrected chi connectivity index (χ4v) is 2.29. The molecule has 0 aliphatic heterocycles. The number of hydrogen-bond acceptors (Lipinski definition) is 2. The zero-order chi connectivity index (χ0) is 14.0. The van der Waals surface area contributed by atoms with Crippen LogP contribution in [0.25, 0.3) is 11.3 Å². The molecule has 1 atom stereocenters. The molecule has 0 saturated carbocycles. The molecule has 19 heavy (non-hydrogen) atoms. The molecule has 0 radical (unpaired) electrons. The largest absolute Gasteiger partial charge is 0.325 e. The summed E-state index contributed by atoms with van der Waals surface area (Å²) in [6.07, 6.45) is 3.86. The van der Waals surface area contributed by atoms with E-state index in [1.165, 1.54) is 16.8 Å². The Labute approximate surface area is 115 Å². The average Bonchev–Trinajstić information content (AvgIpc) is 2.87. The van der Waals surface area contributed by atoms with Crippen LogP contribution in [0, 0.1) is 0 Å². The molecule has 3 nitrogen and oxygen atoms in total. The van der Waals surface area contributed by atoms with Gasteiger partial charge in [-0.1, -0.05) is 24.3 Å². The molecule has 0 aliphatic rings. The molecule has 102 valence electrons. The fourth-order valence-electron chi connectivity index (χ4n) is 2.29. The first-order valence-electron chi connectivity index (χ1n) is 6.74. The summed E-state index contributed by atoms with van der Waals surface area (Å²) in [7, 11) is 1.99. The summed E-state index contributed by atoms with van der Waals surface area (Å²) in [6.45, 7) is 8.77. The van der Waals surface area contributed by atoms with Crippen LogP contribution in [0.2, 0.25) is 0 Å². The standard InChI is InChI=1S/C16H23N3/c1-12(17-5)13-8-6-7-9-14(13)15-10-18-11-19(15)16(2,3)4/h6-12,17H,1-5H3. The molecule has 1 aromatic heterocycles. The minimum atomic E-state index is 0.0296. The number of rotatable bonds is 3. The number of aromatic nitrogens is 2. The van der Waals surface area contributed by atoms with Gasteiger partial charge in [0.2, 0.25) is 0 Å². The Morgan fingerprint density at radius 1 is 1.21 bits per heavy atom.